The van der Waals surface area contributed by atoms with Crippen LogP contribution in [0.15, 0.2) is 71.2 Å². The van der Waals surface area contributed by atoms with Crippen molar-refractivity contribution in [2.24, 2.45) is 0 Å². The molecule has 1 aromatic heterocycles. The van der Waals surface area contributed by atoms with Gasteiger partial charge < -0.3 is 10.6 Å². The highest BCUT2D eigenvalue weighted by Gasteiger charge is 2.36. The van der Waals surface area contributed by atoms with Crippen molar-refractivity contribution < 1.29 is 4.79 Å². The van der Waals surface area contributed by atoms with Gasteiger partial charge in [-0.1, -0.05) is 47.5 Å². The van der Waals surface area contributed by atoms with Crippen LogP contribution in [0.25, 0.3) is 0 Å². The second kappa shape index (κ2) is 7.52. The number of carbonyl (C=O) groups excluding carboxylic acids is 1. The molecular weight excluding hydrogens is 423 g/mol. The van der Waals surface area contributed by atoms with Gasteiger partial charge >= 0.3 is 0 Å². The van der Waals surface area contributed by atoms with Crippen LogP contribution in [0.5, 0.6) is 0 Å². The summed E-state index contributed by atoms with van der Waals surface area (Å²) in [6.07, 6.45) is 1.31. The molecule has 2 aliphatic rings. The van der Waals surface area contributed by atoms with Crippen LogP contribution in [0.4, 0.5) is 11.4 Å². The number of carbonyl (C=O) groups is 1. The zero-order valence-electron chi connectivity index (χ0n) is 15.4. The van der Waals surface area contributed by atoms with Crippen LogP contribution in [0, 0.1) is 0 Å². The lowest BCUT2D eigenvalue weighted by molar-refractivity contribution is -0.116. The summed E-state index contributed by atoms with van der Waals surface area (Å²) in [5.74, 6) is 0.363. The first-order valence-corrected chi connectivity index (χ1v) is 11.1. The minimum Gasteiger partial charge on any atom is -0.372 e. The van der Waals surface area contributed by atoms with Crippen LogP contribution >= 0.6 is 34.5 Å². The molecule has 0 amide bonds. The number of anilines is 2. The topological polar surface area (TPSA) is 41.1 Å². The van der Waals surface area contributed by atoms with E-state index < -0.39 is 0 Å². The molecule has 1 aliphatic heterocycles. The minimum absolute atomic E-state index is 0.161. The Bertz CT molecular complexity index is 1120. The first-order valence-electron chi connectivity index (χ1n) is 9.47. The molecule has 0 spiro atoms. The number of allylic oxidation sites excluding steroid dienone is 1. The van der Waals surface area contributed by atoms with Crippen LogP contribution in [0.2, 0.25) is 10.0 Å². The largest absolute Gasteiger partial charge is 0.372 e. The van der Waals surface area contributed by atoms with E-state index in [0.29, 0.717) is 16.5 Å². The average molecular weight is 441 g/mol. The highest BCUT2D eigenvalue weighted by molar-refractivity contribution is 7.10. The molecule has 2 heterocycles. The Morgan fingerprint density at radius 3 is 2.52 bits per heavy atom. The fourth-order valence-corrected chi connectivity index (χ4v) is 5.30. The standard InChI is InChI=1S/C23H18Cl2N2OS/c24-15-8-7-13(10-16(15)25)23-22-19(26-17-4-1-2-5-18(17)27-23)11-14(12-20(22)28)21-6-3-9-29-21/h1-10,14,23,26-27H,11-12H2/t14-,23-/m0/s1. The number of nitrogens with one attached hydrogen (secondary N) is 2. The van der Waals surface area contributed by atoms with Crippen molar-refractivity contribution in [2.75, 3.05) is 10.6 Å². The van der Waals surface area contributed by atoms with E-state index in [1.54, 1.807) is 17.4 Å². The Morgan fingerprint density at radius 1 is 0.931 bits per heavy atom. The lowest BCUT2D eigenvalue weighted by Crippen LogP contribution is -2.26. The Morgan fingerprint density at radius 2 is 1.76 bits per heavy atom. The summed E-state index contributed by atoms with van der Waals surface area (Å²) in [7, 11) is 0. The maximum absolute atomic E-state index is 13.4. The smallest absolute Gasteiger partial charge is 0.163 e. The van der Waals surface area contributed by atoms with Gasteiger partial charge in [0, 0.05) is 28.5 Å². The third-order valence-corrected chi connectivity index (χ3v) is 7.31. The predicted octanol–water partition coefficient (Wildman–Crippen LogP) is 7.03. The summed E-state index contributed by atoms with van der Waals surface area (Å²) >= 11 is 14.1. The van der Waals surface area contributed by atoms with Crippen LogP contribution < -0.4 is 10.6 Å². The maximum atomic E-state index is 13.4. The van der Waals surface area contributed by atoms with Gasteiger partial charge in [0.15, 0.2) is 5.78 Å². The molecule has 0 radical (unpaired) electrons. The Balaban J connectivity index is 1.64. The summed E-state index contributed by atoms with van der Waals surface area (Å²) in [5, 5.41) is 10.2. The van der Waals surface area contributed by atoms with Crippen LogP contribution in [0.1, 0.15) is 35.2 Å². The van der Waals surface area contributed by atoms with Gasteiger partial charge in [0.05, 0.1) is 27.5 Å². The molecule has 3 nitrogen and oxygen atoms in total. The summed E-state index contributed by atoms with van der Waals surface area (Å²) in [6.45, 7) is 0. The fraction of sp³-hybridized carbons (Fsp3) is 0.174. The number of halogens is 2. The van der Waals surface area contributed by atoms with E-state index in [1.807, 2.05) is 42.5 Å². The van der Waals surface area contributed by atoms with Gasteiger partial charge in [0.2, 0.25) is 0 Å². The van der Waals surface area contributed by atoms with Crippen molar-refractivity contribution in [2.45, 2.75) is 24.8 Å². The number of para-hydroxylation sites is 2. The van der Waals surface area contributed by atoms with E-state index in [-0.39, 0.29) is 17.7 Å². The van der Waals surface area contributed by atoms with E-state index in [4.69, 9.17) is 23.2 Å². The SMILES string of the molecule is O=C1C[C@@H](c2cccs2)CC2=C1[C@H](c1ccc(Cl)c(Cl)c1)Nc1ccccc1N2. The Hall–Kier alpha value is -2.27. The van der Waals surface area contributed by atoms with Crippen LogP contribution in [-0.4, -0.2) is 5.78 Å². The molecule has 6 heteroatoms. The molecule has 0 bridgehead atoms. The Labute approximate surface area is 183 Å². The molecule has 2 aromatic carbocycles. The summed E-state index contributed by atoms with van der Waals surface area (Å²) in [5.41, 5.74) is 4.62. The first-order chi connectivity index (χ1) is 14.1. The third-order valence-electron chi connectivity index (χ3n) is 5.53. The lowest BCUT2D eigenvalue weighted by atomic mass is 9.81. The second-order valence-electron chi connectivity index (χ2n) is 7.36. The number of ketones is 1. The number of Topliss-reactive ketones (excluding diaryl/α,β-unsaturated/α-hetero) is 1. The maximum Gasteiger partial charge on any atom is 0.163 e. The molecule has 5 rings (SSSR count). The molecule has 2 N–H and O–H groups in total. The third kappa shape index (κ3) is 3.46. The van der Waals surface area contributed by atoms with Crippen molar-refractivity contribution in [3.05, 3.63) is 91.7 Å². The summed E-state index contributed by atoms with van der Waals surface area (Å²) < 4.78 is 0. The number of thiophene rings is 1. The molecule has 3 aromatic rings. The normalized spacial score (nSPS) is 21.0. The van der Waals surface area contributed by atoms with Gasteiger partial charge in [-0.05, 0) is 47.7 Å². The number of benzene rings is 2. The molecule has 1 aliphatic carbocycles. The highest BCUT2D eigenvalue weighted by atomic mass is 35.5. The molecule has 2 atom stereocenters. The summed E-state index contributed by atoms with van der Waals surface area (Å²) in [6, 6.07) is 17.5. The average Bonchev–Trinajstić information content (AvgIpc) is 3.19. The number of hydrogen-bond acceptors (Lipinski definition) is 4. The van der Waals surface area contributed by atoms with E-state index >= 15 is 0 Å². The number of fused-ring (bicyclic) bond motifs is 1. The monoisotopic (exact) mass is 440 g/mol. The Kier molecular flexibility index (Phi) is 4.86. The van der Waals surface area contributed by atoms with E-state index in [0.717, 1.165) is 34.6 Å². The molecular formula is C23H18Cl2N2OS. The van der Waals surface area contributed by atoms with Crippen LogP contribution in [0.3, 0.4) is 0 Å². The molecule has 29 heavy (non-hydrogen) atoms. The molecule has 0 saturated carbocycles. The quantitative estimate of drug-likeness (QED) is 0.448. The lowest BCUT2D eigenvalue weighted by Gasteiger charge is -2.29. The molecule has 0 fully saturated rings. The van der Waals surface area contributed by atoms with Gasteiger partial charge in [-0.25, -0.2) is 0 Å². The van der Waals surface area contributed by atoms with Gasteiger partial charge in [-0.2, -0.15) is 0 Å². The van der Waals surface area contributed by atoms with E-state index in [1.165, 1.54) is 4.88 Å². The van der Waals surface area contributed by atoms with Crippen molar-refractivity contribution in [3.63, 3.8) is 0 Å². The molecule has 146 valence electrons. The van der Waals surface area contributed by atoms with Crippen LogP contribution in [-0.2, 0) is 4.79 Å². The molecule has 0 unspecified atom stereocenters. The fourth-order valence-electron chi connectivity index (χ4n) is 4.16. The van der Waals surface area contributed by atoms with Crippen molar-refractivity contribution in [3.8, 4) is 0 Å². The number of rotatable bonds is 2. The van der Waals surface area contributed by atoms with Crippen molar-refractivity contribution >= 4 is 51.7 Å². The highest BCUT2D eigenvalue weighted by Crippen LogP contribution is 2.45. The van der Waals surface area contributed by atoms with E-state index in [9.17, 15) is 4.79 Å². The predicted molar refractivity (Wildman–Crippen MR) is 121 cm³/mol. The van der Waals surface area contributed by atoms with Gasteiger partial charge in [-0.15, -0.1) is 11.3 Å². The zero-order chi connectivity index (χ0) is 20.0. The van der Waals surface area contributed by atoms with Gasteiger partial charge in [0.1, 0.15) is 0 Å². The molecule has 0 saturated heterocycles. The first kappa shape index (κ1) is 18.7. The van der Waals surface area contributed by atoms with Gasteiger partial charge in [0.25, 0.3) is 0 Å². The van der Waals surface area contributed by atoms with Crippen molar-refractivity contribution in [1.82, 2.24) is 0 Å². The summed E-state index contributed by atoms with van der Waals surface area (Å²) in [4.78, 5) is 14.6. The number of hydrogen-bond donors (Lipinski definition) is 2. The van der Waals surface area contributed by atoms with E-state index in [2.05, 4.69) is 22.1 Å². The zero-order valence-corrected chi connectivity index (χ0v) is 17.7. The minimum atomic E-state index is -0.285. The van der Waals surface area contributed by atoms with Gasteiger partial charge in [-0.3, -0.25) is 4.79 Å². The second-order valence-corrected chi connectivity index (χ2v) is 9.15. The van der Waals surface area contributed by atoms with Crippen molar-refractivity contribution in [1.29, 1.82) is 0 Å².